The van der Waals surface area contributed by atoms with Crippen molar-refractivity contribution in [3.63, 3.8) is 0 Å². The summed E-state index contributed by atoms with van der Waals surface area (Å²) in [5.41, 5.74) is -0.337. The summed E-state index contributed by atoms with van der Waals surface area (Å²) in [5, 5.41) is 12.8. The number of hydrogen-bond acceptors (Lipinski definition) is 3. The molecule has 0 radical (unpaired) electrons. The fraction of sp³-hybridized carbons (Fsp3) is 0.944. The van der Waals surface area contributed by atoms with Crippen molar-refractivity contribution in [2.24, 2.45) is 11.8 Å². The summed E-state index contributed by atoms with van der Waals surface area (Å²) in [6, 6.07) is 3.04. The lowest BCUT2D eigenvalue weighted by atomic mass is 9.80. The van der Waals surface area contributed by atoms with Gasteiger partial charge in [0.1, 0.15) is 5.54 Å². The lowest BCUT2D eigenvalue weighted by Gasteiger charge is -2.32. The predicted octanol–water partition coefficient (Wildman–Crippen LogP) is 4.03. The van der Waals surface area contributed by atoms with E-state index in [2.05, 4.69) is 25.2 Å². The van der Waals surface area contributed by atoms with Gasteiger partial charge in [-0.3, -0.25) is 5.32 Å². The van der Waals surface area contributed by atoms with Gasteiger partial charge in [-0.25, -0.2) is 0 Å². The lowest BCUT2D eigenvalue weighted by Crippen LogP contribution is -2.42. The molecule has 2 aliphatic rings. The molecule has 0 aliphatic heterocycles. The zero-order chi connectivity index (χ0) is 15.3. The third kappa shape index (κ3) is 5.60. The van der Waals surface area contributed by atoms with Crippen LogP contribution in [0.25, 0.3) is 0 Å². The molecule has 2 saturated carbocycles. The number of nitrogens with one attached hydrogen (secondary N) is 1. The molecule has 3 nitrogen and oxygen atoms in total. The fourth-order valence-electron chi connectivity index (χ4n) is 3.32. The molecule has 0 spiro atoms. The molecule has 0 amide bonds. The molecule has 1 N–H and O–H groups in total. The summed E-state index contributed by atoms with van der Waals surface area (Å²) in [4.78, 5) is 0. The molecule has 0 aromatic rings. The Bertz CT molecular complexity index is 361. The van der Waals surface area contributed by atoms with E-state index in [4.69, 9.17) is 4.74 Å². The minimum absolute atomic E-state index is 0.337. The molecule has 2 rings (SSSR count). The quantitative estimate of drug-likeness (QED) is 0.687. The first-order valence-corrected chi connectivity index (χ1v) is 8.83. The molecular weight excluding hydrogens is 260 g/mol. The van der Waals surface area contributed by atoms with Crippen LogP contribution in [0.3, 0.4) is 0 Å². The Morgan fingerprint density at radius 2 is 1.90 bits per heavy atom. The average molecular weight is 292 g/mol. The highest BCUT2D eigenvalue weighted by molar-refractivity contribution is 5.06. The van der Waals surface area contributed by atoms with Crippen molar-refractivity contribution in [3.05, 3.63) is 0 Å². The second kappa shape index (κ2) is 7.61. The van der Waals surface area contributed by atoms with Crippen LogP contribution in [0.4, 0.5) is 0 Å². The Balaban J connectivity index is 1.56. The maximum atomic E-state index is 9.33. The van der Waals surface area contributed by atoms with Gasteiger partial charge in [0.2, 0.25) is 0 Å². The molecule has 2 fully saturated rings. The number of nitrogens with zero attached hydrogens (tertiary/aromatic N) is 1. The maximum absolute atomic E-state index is 9.33. The molecule has 0 saturated heterocycles. The smallest absolute Gasteiger partial charge is 0.104 e. The van der Waals surface area contributed by atoms with Crippen molar-refractivity contribution < 1.29 is 4.74 Å². The van der Waals surface area contributed by atoms with Gasteiger partial charge in [-0.15, -0.1) is 0 Å². The van der Waals surface area contributed by atoms with Gasteiger partial charge in [0.25, 0.3) is 0 Å². The Kier molecular flexibility index (Phi) is 6.08. The monoisotopic (exact) mass is 292 g/mol. The Labute approximate surface area is 130 Å². The summed E-state index contributed by atoms with van der Waals surface area (Å²) in [5.74, 6) is 1.66. The van der Waals surface area contributed by atoms with E-state index >= 15 is 0 Å². The molecular formula is C18H32N2O. The van der Waals surface area contributed by atoms with Crippen molar-refractivity contribution >= 4 is 0 Å². The molecule has 21 heavy (non-hydrogen) atoms. The van der Waals surface area contributed by atoms with Gasteiger partial charge < -0.3 is 4.74 Å². The second-order valence-electron chi connectivity index (χ2n) is 7.58. The number of hydrogen-bond donors (Lipinski definition) is 1. The first-order chi connectivity index (χ1) is 10.0. The minimum Gasteiger partial charge on any atom is -0.378 e. The van der Waals surface area contributed by atoms with Gasteiger partial charge in [0.15, 0.2) is 0 Å². The summed E-state index contributed by atoms with van der Waals surface area (Å²) in [7, 11) is 0. The van der Waals surface area contributed by atoms with Crippen molar-refractivity contribution in [1.82, 2.24) is 5.32 Å². The molecule has 4 atom stereocenters. The van der Waals surface area contributed by atoms with Crippen LogP contribution >= 0.6 is 0 Å². The van der Waals surface area contributed by atoms with Crippen molar-refractivity contribution in [3.8, 4) is 6.07 Å². The van der Waals surface area contributed by atoms with Crippen LogP contribution in [0, 0.1) is 23.2 Å². The third-order valence-corrected chi connectivity index (χ3v) is 5.32. The van der Waals surface area contributed by atoms with E-state index in [-0.39, 0.29) is 5.54 Å². The number of ether oxygens (including phenoxy) is 1. The highest BCUT2D eigenvalue weighted by Gasteiger charge is 2.32. The topological polar surface area (TPSA) is 45.0 Å². The van der Waals surface area contributed by atoms with Crippen LogP contribution < -0.4 is 5.32 Å². The zero-order valence-electron chi connectivity index (χ0n) is 14.0. The standard InChI is InChI=1S/C18H32N2O/c1-14-6-9-17(12-15(14)2)21-11-5-4-10-18(3,13-19)20-16-7-8-16/h14-17,20H,4-12H2,1-3H3. The highest BCUT2D eigenvalue weighted by Crippen LogP contribution is 2.31. The predicted molar refractivity (Wildman–Crippen MR) is 85.9 cm³/mol. The van der Waals surface area contributed by atoms with Crippen LogP contribution in [0.2, 0.25) is 0 Å². The number of nitriles is 1. The average Bonchev–Trinajstić information content (AvgIpc) is 3.26. The SMILES string of the molecule is CC1CCC(OCCCCC(C)(C#N)NC2CC2)CC1C. The normalized spacial score (nSPS) is 32.4. The van der Waals surface area contributed by atoms with E-state index in [0.29, 0.717) is 12.1 Å². The summed E-state index contributed by atoms with van der Waals surface area (Å²) >= 11 is 0. The van der Waals surface area contributed by atoms with E-state index in [0.717, 1.165) is 37.7 Å². The van der Waals surface area contributed by atoms with E-state index in [9.17, 15) is 5.26 Å². The molecule has 3 heteroatoms. The van der Waals surface area contributed by atoms with Crippen molar-refractivity contribution in [2.45, 2.75) is 89.8 Å². The van der Waals surface area contributed by atoms with Gasteiger partial charge in [0, 0.05) is 12.6 Å². The van der Waals surface area contributed by atoms with Crippen LogP contribution in [0.15, 0.2) is 0 Å². The number of rotatable bonds is 8. The van der Waals surface area contributed by atoms with Gasteiger partial charge in [-0.05, 0) is 70.1 Å². The van der Waals surface area contributed by atoms with E-state index < -0.39 is 0 Å². The highest BCUT2D eigenvalue weighted by atomic mass is 16.5. The molecule has 0 aromatic carbocycles. The summed E-state index contributed by atoms with van der Waals surface area (Å²) < 4.78 is 6.04. The molecule has 0 bridgehead atoms. The molecule has 4 unspecified atom stereocenters. The molecule has 0 aromatic heterocycles. The Hall–Kier alpha value is -0.590. The second-order valence-corrected chi connectivity index (χ2v) is 7.58. The first-order valence-electron chi connectivity index (χ1n) is 8.83. The van der Waals surface area contributed by atoms with Crippen LogP contribution in [-0.4, -0.2) is 24.3 Å². The van der Waals surface area contributed by atoms with E-state index in [1.807, 2.05) is 6.92 Å². The third-order valence-electron chi connectivity index (χ3n) is 5.32. The first kappa shape index (κ1) is 16.8. The van der Waals surface area contributed by atoms with Gasteiger partial charge >= 0.3 is 0 Å². The molecule has 0 heterocycles. The molecule has 2 aliphatic carbocycles. The largest absolute Gasteiger partial charge is 0.378 e. The van der Waals surface area contributed by atoms with Gasteiger partial charge in [0.05, 0.1) is 12.2 Å². The molecule has 120 valence electrons. The van der Waals surface area contributed by atoms with Crippen LogP contribution in [-0.2, 0) is 4.74 Å². The number of unbranched alkanes of at least 4 members (excludes halogenated alkanes) is 1. The van der Waals surface area contributed by atoms with Gasteiger partial charge in [-0.2, -0.15) is 5.26 Å². The maximum Gasteiger partial charge on any atom is 0.104 e. The Morgan fingerprint density at radius 3 is 2.52 bits per heavy atom. The lowest BCUT2D eigenvalue weighted by molar-refractivity contribution is 0.000734. The van der Waals surface area contributed by atoms with Gasteiger partial charge in [-0.1, -0.05) is 13.8 Å². The summed E-state index contributed by atoms with van der Waals surface area (Å²) in [6.45, 7) is 7.60. The van der Waals surface area contributed by atoms with Crippen LogP contribution in [0.5, 0.6) is 0 Å². The van der Waals surface area contributed by atoms with E-state index in [1.165, 1.54) is 32.1 Å². The van der Waals surface area contributed by atoms with Crippen molar-refractivity contribution in [1.29, 1.82) is 5.26 Å². The zero-order valence-corrected chi connectivity index (χ0v) is 14.0. The fourth-order valence-corrected chi connectivity index (χ4v) is 3.32. The van der Waals surface area contributed by atoms with Crippen molar-refractivity contribution in [2.75, 3.05) is 6.61 Å². The minimum atomic E-state index is -0.337. The van der Waals surface area contributed by atoms with Crippen LogP contribution in [0.1, 0.15) is 72.1 Å². The summed E-state index contributed by atoms with van der Waals surface area (Å²) in [6.07, 6.45) is 9.78. The van der Waals surface area contributed by atoms with E-state index in [1.54, 1.807) is 0 Å². The Morgan fingerprint density at radius 1 is 1.14 bits per heavy atom.